The van der Waals surface area contributed by atoms with Crippen molar-refractivity contribution in [2.45, 2.75) is 11.5 Å². The maximum atomic E-state index is 12.4. The monoisotopic (exact) mass is 295 g/mol. The number of halogens is 5. The summed E-state index contributed by atoms with van der Waals surface area (Å²) in [5, 5.41) is -1.65. The van der Waals surface area contributed by atoms with Crippen molar-refractivity contribution in [1.29, 1.82) is 0 Å². The van der Waals surface area contributed by atoms with Crippen molar-refractivity contribution in [2.24, 2.45) is 0 Å². The largest absolute Gasteiger partial charge is 0.279 e. The summed E-state index contributed by atoms with van der Waals surface area (Å²) in [7, 11) is 0.527. The SMILES string of the molecule is O=S(=O)(Cl)c1nc(Cl)c(Cl)cc1C(F)F. The van der Waals surface area contributed by atoms with Crippen molar-refractivity contribution in [3.05, 3.63) is 21.8 Å². The van der Waals surface area contributed by atoms with Crippen LogP contribution in [0.5, 0.6) is 0 Å². The zero-order valence-corrected chi connectivity index (χ0v) is 9.80. The molecule has 0 fully saturated rings. The first-order valence-corrected chi connectivity index (χ1v) is 6.38. The van der Waals surface area contributed by atoms with Crippen LogP contribution >= 0.6 is 33.9 Å². The van der Waals surface area contributed by atoms with Crippen LogP contribution in [0.1, 0.15) is 12.0 Å². The van der Waals surface area contributed by atoms with Crippen LogP contribution < -0.4 is 0 Å². The van der Waals surface area contributed by atoms with Gasteiger partial charge in [0.15, 0.2) is 5.03 Å². The van der Waals surface area contributed by atoms with Crippen LogP contribution in [0.3, 0.4) is 0 Å². The van der Waals surface area contributed by atoms with E-state index in [1.807, 2.05) is 0 Å². The van der Waals surface area contributed by atoms with E-state index in [1.54, 1.807) is 0 Å². The Kier molecular flexibility index (Phi) is 3.76. The van der Waals surface area contributed by atoms with Gasteiger partial charge in [0.2, 0.25) is 0 Å². The van der Waals surface area contributed by atoms with Gasteiger partial charge in [-0.25, -0.2) is 22.2 Å². The van der Waals surface area contributed by atoms with Crippen LogP contribution in [0.4, 0.5) is 8.78 Å². The zero-order chi connectivity index (χ0) is 11.8. The third-order valence-corrected chi connectivity index (χ3v) is 3.29. The van der Waals surface area contributed by atoms with Gasteiger partial charge in [-0.1, -0.05) is 23.2 Å². The predicted molar refractivity (Wildman–Crippen MR) is 52.3 cm³/mol. The number of rotatable bonds is 2. The average molecular weight is 297 g/mol. The van der Waals surface area contributed by atoms with Gasteiger partial charge >= 0.3 is 0 Å². The van der Waals surface area contributed by atoms with Crippen molar-refractivity contribution in [1.82, 2.24) is 4.98 Å². The summed E-state index contributed by atoms with van der Waals surface area (Å²) in [6, 6.07) is 0.719. The number of aromatic nitrogens is 1. The van der Waals surface area contributed by atoms with Crippen molar-refractivity contribution >= 4 is 42.9 Å². The van der Waals surface area contributed by atoms with Gasteiger partial charge in [0.05, 0.1) is 10.6 Å². The molecule has 0 spiro atoms. The number of pyridine rings is 1. The lowest BCUT2D eigenvalue weighted by molar-refractivity contribution is 0.147. The second-order valence-electron chi connectivity index (χ2n) is 2.39. The van der Waals surface area contributed by atoms with Crippen LogP contribution in [-0.2, 0) is 9.05 Å². The van der Waals surface area contributed by atoms with E-state index in [-0.39, 0.29) is 5.02 Å². The molecule has 1 aromatic rings. The molecule has 0 atom stereocenters. The number of alkyl halides is 2. The summed E-state index contributed by atoms with van der Waals surface area (Å²) < 4.78 is 46.6. The van der Waals surface area contributed by atoms with Crippen LogP contribution in [-0.4, -0.2) is 13.4 Å². The molecule has 15 heavy (non-hydrogen) atoms. The van der Waals surface area contributed by atoms with Crippen molar-refractivity contribution in [2.75, 3.05) is 0 Å². The summed E-state index contributed by atoms with van der Waals surface area (Å²) in [6.45, 7) is 0. The summed E-state index contributed by atoms with van der Waals surface area (Å²) in [4.78, 5) is 3.20. The van der Waals surface area contributed by atoms with Gasteiger partial charge in [0.1, 0.15) is 5.15 Å². The van der Waals surface area contributed by atoms with Crippen LogP contribution in [0.15, 0.2) is 11.1 Å². The van der Waals surface area contributed by atoms with Crippen molar-refractivity contribution < 1.29 is 17.2 Å². The molecular formula is C6H2Cl3F2NO2S. The topological polar surface area (TPSA) is 47.0 Å². The minimum absolute atomic E-state index is 0.268. The summed E-state index contributed by atoms with van der Waals surface area (Å²) in [5.41, 5.74) is -0.876. The minimum atomic E-state index is -4.38. The highest BCUT2D eigenvalue weighted by molar-refractivity contribution is 8.13. The lowest BCUT2D eigenvalue weighted by Crippen LogP contribution is -2.02. The van der Waals surface area contributed by atoms with E-state index in [9.17, 15) is 17.2 Å². The Labute approximate surface area is 98.4 Å². The highest BCUT2D eigenvalue weighted by atomic mass is 35.7. The third kappa shape index (κ3) is 2.90. The van der Waals surface area contributed by atoms with E-state index in [0.717, 1.165) is 6.07 Å². The lowest BCUT2D eigenvalue weighted by atomic mass is 10.3. The molecule has 0 bridgehead atoms. The summed E-state index contributed by atoms with van der Waals surface area (Å²) >= 11 is 10.8. The number of hydrogen-bond acceptors (Lipinski definition) is 3. The molecule has 0 aromatic carbocycles. The molecule has 0 N–H and O–H groups in total. The Morgan fingerprint density at radius 2 is 1.87 bits per heavy atom. The smallest absolute Gasteiger partial charge is 0.221 e. The first kappa shape index (κ1) is 12.9. The van der Waals surface area contributed by atoms with Crippen molar-refractivity contribution in [3.63, 3.8) is 0 Å². The molecule has 0 saturated carbocycles. The zero-order valence-electron chi connectivity index (χ0n) is 6.72. The van der Waals surface area contributed by atoms with E-state index in [4.69, 9.17) is 33.9 Å². The maximum absolute atomic E-state index is 12.4. The number of nitrogens with zero attached hydrogens (tertiary/aromatic N) is 1. The third-order valence-electron chi connectivity index (χ3n) is 1.39. The van der Waals surface area contributed by atoms with E-state index >= 15 is 0 Å². The van der Waals surface area contributed by atoms with Crippen LogP contribution in [0.25, 0.3) is 0 Å². The molecule has 1 aromatic heterocycles. The van der Waals surface area contributed by atoms with Gasteiger partial charge in [-0.3, -0.25) is 0 Å². The van der Waals surface area contributed by atoms with Gasteiger partial charge in [-0.2, -0.15) is 0 Å². The molecule has 0 unspecified atom stereocenters. The number of hydrogen-bond donors (Lipinski definition) is 0. The fraction of sp³-hybridized carbons (Fsp3) is 0.167. The van der Waals surface area contributed by atoms with E-state index in [1.165, 1.54) is 0 Å². The first-order chi connectivity index (χ1) is 6.73. The molecule has 1 rings (SSSR count). The molecular weight excluding hydrogens is 294 g/mol. The molecule has 0 aliphatic carbocycles. The molecule has 0 radical (unpaired) electrons. The van der Waals surface area contributed by atoms with Gasteiger partial charge < -0.3 is 0 Å². The molecule has 0 aliphatic heterocycles. The highest BCUT2D eigenvalue weighted by Crippen LogP contribution is 2.32. The summed E-state index contributed by atoms with van der Waals surface area (Å²) in [5.74, 6) is 0. The lowest BCUT2D eigenvalue weighted by Gasteiger charge is -2.06. The minimum Gasteiger partial charge on any atom is -0.221 e. The fourth-order valence-electron chi connectivity index (χ4n) is 0.817. The Hall–Kier alpha value is -0.170. The molecule has 9 heteroatoms. The Morgan fingerprint density at radius 1 is 1.33 bits per heavy atom. The Bertz CT molecular complexity index is 491. The van der Waals surface area contributed by atoms with Crippen molar-refractivity contribution in [3.8, 4) is 0 Å². The first-order valence-electron chi connectivity index (χ1n) is 3.32. The van der Waals surface area contributed by atoms with E-state index < -0.39 is 31.2 Å². The van der Waals surface area contributed by atoms with Crippen LogP contribution in [0, 0.1) is 0 Å². The molecule has 3 nitrogen and oxygen atoms in total. The fourth-order valence-corrected chi connectivity index (χ4v) is 2.17. The van der Waals surface area contributed by atoms with Gasteiger partial charge in [-0.15, -0.1) is 0 Å². The Morgan fingerprint density at radius 3 is 2.27 bits per heavy atom. The average Bonchev–Trinajstić information content (AvgIpc) is 2.06. The standard InChI is InChI=1S/C6H2Cl3F2NO2S/c7-3-1-2(5(10)11)6(12-4(3)8)15(9,13)14/h1,5H. The Balaban J connectivity index is 3.56. The van der Waals surface area contributed by atoms with E-state index in [0.29, 0.717) is 0 Å². The molecule has 84 valence electrons. The molecule has 0 aliphatic rings. The molecule has 0 amide bonds. The van der Waals surface area contributed by atoms with Gasteiger partial charge in [-0.05, 0) is 6.07 Å². The quantitative estimate of drug-likeness (QED) is 0.621. The normalized spacial score (nSPS) is 12.1. The van der Waals surface area contributed by atoms with Gasteiger partial charge in [0, 0.05) is 10.7 Å². The second kappa shape index (κ2) is 4.37. The summed E-state index contributed by atoms with van der Waals surface area (Å²) in [6.07, 6.45) is -3.06. The maximum Gasteiger partial charge on any atom is 0.279 e. The van der Waals surface area contributed by atoms with Crippen LogP contribution in [0.2, 0.25) is 10.2 Å². The highest BCUT2D eigenvalue weighted by Gasteiger charge is 2.25. The van der Waals surface area contributed by atoms with Gasteiger partial charge in [0.25, 0.3) is 15.5 Å². The second-order valence-corrected chi connectivity index (χ2v) is 5.64. The van der Waals surface area contributed by atoms with E-state index in [2.05, 4.69) is 4.98 Å². The predicted octanol–water partition coefficient (Wildman–Crippen LogP) is 3.25. The molecule has 0 saturated heterocycles. The molecule has 1 heterocycles.